The number of unbranched alkanes of at least 4 members (excludes halogenated alkanes) is 12. The van der Waals surface area contributed by atoms with Crippen molar-refractivity contribution >= 4 is 11.9 Å². The van der Waals surface area contributed by atoms with Crippen molar-refractivity contribution < 1.29 is 28.9 Å². The molecule has 6 nitrogen and oxygen atoms in total. The van der Waals surface area contributed by atoms with Crippen molar-refractivity contribution in [1.82, 2.24) is 0 Å². The number of allylic oxidation sites excluding steroid dienone is 5. The van der Waals surface area contributed by atoms with Crippen molar-refractivity contribution in [3.05, 3.63) is 36.5 Å². The third-order valence-corrected chi connectivity index (χ3v) is 7.61. The first-order chi connectivity index (χ1) is 20.6. The maximum Gasteiger partial charge on any atom is 0.306 e. The summed E-state index contributed by atoms with van der Waals surface area (Å²) in [7, 11) is 0. The minimum absolute atomic E-state index is 0.0891. The topological polar surface area (TPSA) is 85.4 Å². The molecule has 0 spiro atoms. The van der Waals surface area contributed by atoms with E-state index in [9.17, 15) is 14.7 Å². The summed E-state index contributed by atoms with van der Waals surface area (Å²) in [4.78, 5) is 24.1. The van der Waals surface area contributed by atoms with Crippen molar-refractivity contribution in [3.8, 4) is 0 Å². The van der Waals surface area contributed by atoms with Gasteiger partial charge in [-0.3, -0.25) is 9.59 Å². The lowest BCUT2D eigenvalue weighted by Gasteiger charge is -2.15. The standard InChI is InChI=1S/C36H62O6/c1-3-5-7-8-9-10-14-17-20-24-28-35(38)40-31-32(30-37)41-36(39)29-25-21-18-15-12-11-13-16-19-23-27-34-33(42-34)26-22-6-4-2/h11,13,15,18-19,23,32-34,37H,3-10,12,14,16-17,20-22,24-31H2,1-2H3/b13-11-,18-15-,23-19-/t32-,33?,34?/m0/s1. The maximum absolute atomic E-state index is 12.1. The van der Waals surface area contributed by atoms with Gasteiger partial charge >= 0.3 is 11.9 Å². The molecule has 0 aliphatic carbocycles. The van der Waals surface area contributed by atoms with Crippen LogP contribution in [-0.2, 0) is 23.8 Å². The van der Waals surface area contributed by atoms with Crippen LogP contribution in [0.4, 0.5) is 0 Å². The van der Waals surface area contributed by atoms with Crippen molar-refractivity contribution in [3.63, 3.8) is 0 Å². The largest absolute Gasteiger partial charge is 0.462 e. The fourth-order valence-electron chi connectivity index (χ4n) is 4.87. The van der Waals surface area contributed by atoms with E-state index in [0.717, 1.165) is 44.9 Å². The normalized spacial score (nSPS) is 17.4. The van der Waals surface area contributed by atoms with Gasteiger partial charge in [0.2, 0.25) is 0 Å². The molecule has 1 saturated heterocycles. The van der Waals surface area contributed by atoms with Crippen LogP contribution in [-0.4, -0.2) is 48.6 Å². The van der Waals surface area contributed by atoms with Crippen molar-refractivity contribution in [2.24, 2.45) is 0 Å². The van der Waals surface area contributed by atoms with E-state index in [-0.39, 0.29) is 31.6 Å². The first-order valence-corrected chi connectivity index (χ1v) is 17.2. The Labute approximate surface area is 257 Å². The molecule has 0 aromatic rings. The number of carbonyl (C=O) groups is 2. The SMILES string of the molecule is CCCCCCCCCCCCC(=O)OC[C@H](CO)OC(=O)CCC/C=C\C/C=C\C/C=C\CC1OC1CCCCC. The molecule has 6 heteroatoms. The zero-order valence-electron chi connectivity index (χ0n) is 26.9. The Bertz CT molecular complexity index is 743. The van der Waals surface area contributed by atoms with Crippen molar-refractivity contribution in [1.29, 1.82) is 0 Å². The number of aliphatic hydroxyl groups excluding tert-OH is 1. The fraction of sp³-hybridized carbons (Fsp3) is 0.778. The van der Waals surface area contributed by atoms with Crippen LogP contribution in [0.5, 0.6) is 0 Å². The Balaban J connectivity index is 1.96. The van der Waals surface area contributed by atoms with Gasteiger partial charge in [0.1, 0.15) is 6.61 Å². The van der Waals surface area contributed by atoms with Crippen LogP contribution < -0.4 is 0 Å². The molecule has 2 unspecified atom stereocenters. The molecule has 0 saturated carbocycles. The molecule has 42 heavy (non-hydrogen) atoms. The summed E-state index contributed by atoms with van der Waals surface area (Å²) in [5, 5.41) is 9.49. The summed E-state index contributed by atoms with van der Waals surface area (Å²) in [6.07, 6.45) is 35.2. The van der Waals surface area contributed by atoms with Crippen LogP contribution in [0, 0.1) is 0 Å². The lowest BCUT2D eigenvalue weighted by Crippen LogP contribution is -2.28. The molecule has 0 aromatic carbocycles. The Morgan fingerprint density at radius 2 is 1.26 bits per heavy atom. The molecule has 0 amide bonds. The van der Waals surface area contributed by atoms with E-state index in [1.807, 2.05) is 0 Å². The molecule has 1 aliphatic rings. The first kappa shape index (κ1) is 38.1. The molecular formula is C36H62O6. The highest BCUT2D eigenvalue weighted by atomic mass is 16.6. The molecule has 3 atom stereocenters. The van der Waals surface area contributed by atoms with Gasteiger partial charge in [0, 0.05) is 12.8 Å². The maximum atomic E-state index is 12.1. The Morgan fingerprint density at radius 3 is 1.93 bits per heavy atom. The van der Waals surface area contributed by atoms with Gasteiger partial charge in [-0.2, -0.15) is 0 Å². The zero-order valence-corrected chi connectivity index (χ0v) is 26.9. The monoisotopic (exact) mass is 590 g/mol. The van der Waals surface area contributed by atoms with E-state index in [1.165, 1.54) is 70.6 Å². The number of hydrogen-bond donors (Lipinski definition) is 1. The second kappa shape index (κ2) is 27.9. The van der Waals surface area contributed by atoms with Crippen LogP contribution >= 0.6 is 0 Å². The smallest absolute Gasteiger partial charge is 0.306 e. The van der Waals surface area contributed by atoms with E-state index >= 15 is 0 Å². The molecular weight excluding hydrogens is 528 g/mol. The number of hydrogen-bond acceptors (Lipinski definition) is 6. The highest BCUT2D eigenvalue weighted by Crippen LogP contribution is 2.30. The average Bonchev–Trinajstić information content (AvgIpc) is 3.74. The highest BCUT2D eigenvalue weighted by Gasteiger charge is 2.36. The summed E-state index contributed by atoms with van der Waals surface area (Å²) >= 11 is 0. The number of rotatable bonds is 29. The van der Waals surface area contributed by atoms with Gasteiger partial charge in [-0.1, -0.05) is 127 Å². The van der Waals surface area contributed by atoms with Gasteiger partial charge < -0.3 is 19.3 Å². The van der Waals surface area contributed by atoms with Crippen molar-refractivity contribution in [2.45, 2.75) is 167 Å². The second-order valence-electron chi connectivity index (χ2n) is 11.6. The quantitative estimate of drug-likeness (QED) is 0.0405. The second-order valence-corrected chi connectivity index (χ2v) is 11.6. The molecule has 1 rings (SSSR count). The summed E-state index contributed by atoms with van der Waals surface area (Å²) in [5.74, 6) is -0.665. The van der Waals surface area contributed by atoms with Gasteiger partial charge in [0.05, 0.1) is 18.8 Å². The lowest BCUT2D eigenvalue weighted by molar-refractivity contribution is -0.161. The number of epoxide rings is 1. The van der Waals surface area contributed by atoms with E-state index in [2.05, 4.69) is 50.3 Å². The summed E-state index contributed by atoms with van der Waals surface area (Å²) in [6.45, 7) is 4.02. The fourth-order valence-corrected chi connectivity index (χ4v) is 4.87. The van der Waals surface area contributed by atoms with Gasteiger partial charge in [-0.05, 0) is 44.9 Å². The highest BCUT2D eigenvalue weighted by molar-refractivity contribution is 5.70. The lowest BCUT2D eigenvalue weighted by atomic mass is 10.1. The van der Waals surface area contributed by atoms with E-state index in [1.54, 1.807) is 0 Å². The van der Waals surface area contributed by atoms with Crippen LogP contribution in [0.3, 0.4) is 0 Å². The Morgan fingerprint density at radius 1 is 0.690 bits per heavy atom. The molecule has 1 aliphatic heterocycles. The molecule has 242 valence electrons. The number of carbonyl (C=O) groups excluding carboxylic acids is 2. The van der Waals surface area contributed by atoms with Gasteiger partial charge in [-0.15, -0.1) is 0 Å². The van der Waals surface area contributed by atoms with E-state index in [4.69, 9.17) is 14.2 Å². The summed E-state index contributed by atoms with van der Waals surface area (Å²) < 4.78 is 16.2. The Kier molecular flexibility index (Phi) is 25.3. The van der Waals surface area contributed by atoms with E-state index in [0.29, 0.717) is 25.0 Å². The molecule has 0 bridgehead atoms. The summed E-state index contributed by atoms with van der Waals surface area (Å²) in [6, 6.07) is 0. The number of aliphatic hydroxyl groups is 1. The molecule has 1 fully saturated rings. The zero-order chi connectivity index (χ0) is 30.5. The molecule has 1 N–H and O–H groups in total. The predicted molar refractivity (Wildman–Crippen MR) is 172 cm³/mol. The molecule has 0 aromatic heterocycles. The number of ether oxygens (including phenoxy) is 3. The van der Waals surface area contributed by atoms with Gasteiger partial charge in [-0.25, -0.2) is 0 Å². The molecule has 0 radical (unpaired) electrons. The minimum Gasteiger partial charge on any atom is -0.462 e. The first-order valence-electron chi connectivity index (χ1n) is 17.2. The minimum atomic E-state index is -0.798. The summed E-state index contributed by atoms with van der Waals surface area (Å²) in [5.41, 5.74) is 0. The average molecular weight is 591 g/mol. The van der Waals surface area contributed by atoms with Crippen LogP contribution in [0.1, 0.15) is 149 Å². The van der Waals surface area contributed by atoms with Gasteiger partial charge in [0.15, 0.2) is 6.10 Å². The molecule has 1 heterocycles. The Hall–Kier alpha value is -1.92. The van der Waals surface area contributed by atoms with Gasteiger partial charge in [0.25, 0.3) is 0 Å². The number of esters is 2. The third-order valence-electron chi connectivity index (χ3n) is 7.61. The van der Waals surface area contributed by atoms with Crippen molar-refractivity contribution in [2.75, 3.05) is 13.2 Å². The van der Waals surface area contributed by atoms with E-state index < -0.39 is 6.10 Å². The predicted octanol–water partition coefficient (Wildman–Crippen LogP) is 9.10. The van der Waals surface area contributed by atoms with Crippen LogP contribution in [0.2, 0.25) is 0 Å². The van der Waals surface area contributed by atoms with Crippen LogP contribution in [0.15, 0.2) is 36.5 Å². The van der Waals surface area contributed by atoms with Crippen LogP contribution in [0.25, 0.3) is 0 Å². The third kappa shape index (κ3) is 23.6.